The maximum Gasteiger partial charge on any atom is 0.269 e. The molecule has 8 heteroatoms. The zero-order chi connectivity index (χ0) is 22.3. The highest BCUT2D eigenvalue weighted by atomic mass is 32.2. The molecule has 1 aromatic heterocycles. The molecule has 2 fully saturated rings. The largest absolute Gasteiger partial charge is 0.457 e. The lowest BCUT2D eigenvalue weighted by molar-refractivity contribution is -0.384. The Morgan fingerprint density at radius 1 is 1.25 bits per heavy atom. The van der Waals surface area contributed by atoms with Crippen LogP contribution in [0.25, 0.3) is 10.9 Å². The topological polar surface area (TPSA) is 88.5 Å². The van der Waals surface area contributed by atoms with Gasteiger partial charge in [0.1, 0.15) is 11.5 Å². The maximum atomic E-state index is 13.3. The zero-order valence-electron chi connectivity index (χ0n) is 17.9. The van der Waals surface area contributed by atoms with Gasteiger partial charge in [-0.3, -0.25) is 14.9 Å². The van der Waals surface area contributed by atoms with Gasteiger partial charge in [0.05, 0.1) is 16.3 Å². The van der Waals surface area contributed by atoms with Crippen molar-refractivity contribution < 1.29 is 14.5 Å². The summed E-state index contributed by atoms with van der Waals surface area (Å²) in [4.78, 5) is 29.2. The number of non-ortho nitro benzene ring substituents is 1. The first-order valence-electron chi connectivity index (χ1n) is 10.9. The van der Waals surface area contributed by atoms with E-state index in [-0.39, 0.29) is 23.1 Å². The highest BCUT2D eigenvalue weighted by molar-refractivity contribution is 7.99. The summed E-state index contributed by atoms with van der Waals surface area (Å²) >= 11 is 1.87. The van der Waals surface area contributed by atoms with Crippen LogP contribution >= 0.6 is 11.8 Å². The van der Waals surface area contributed by atoms with E-state index >= 15 is 0 Å². The van der Waals surface area contributed by atoms with Crippen molar-refractivity contribution in [2.24, 2.45) is 5.92 Å². The summed E-state index contributed by atoms with van der Waals surface area (Å²) in [6.45, 7) is 2.09. The number of thioether (sulfide) groups is 1. The molecule has 1 aliphatic carbocycles. The third-order valence-electron chi connectivity index (χ3n) is 6.59. The lowest BCUT2D eigenvalue weighted by Crippen LogP contribution is -2.42. The van der Waals surface area contributed by atoms with Gasteiger partial charge in [0.2, 0.25) is 5.91 Å². The molecule has 1 saturated heterocycles. The molecule has 32 heavy (non-hydrogen) atoms. The van der Waals surface area contributed by atoms with Gasteiger partial charge < -0.3 is 14.6 Å². The van der Waals surface area contributed by atoms with Crippen molar-refractivity contribution in [2.75, 3.05) is 11.6 Å². The highest BCUT2D eigenvalue weighted by Gasteiger charge is 2.53. The third-order valence-corrected chi connectivity index (χ3v) is 7.77. The number of carbonyl (C=O) groups is 1. The van der Waals surface area contributed by atoms with E-state index in [1.807, 2.05) is 36.2 Å². The molecule has 0 unspecified atom stereocenters. The highest BCUT2D eigenvalue weighted by Crippen LogP contribution is 2.50. The van der Waals surface area contributed by atoms with E-state index in [1.165, 1.54) is 12.1 Å². The van der Waals surface area contributed by atoms with Crippen LogP contribution < -0.4 is 4.74 Å². The summed E-state index contributed by atoms with van der Waals surface area (Å²) in [6.07, 6.45) is 5.76. The Bertz CT molecular complexity index is 1170. The zero-order valence-corrected chi connectivity index (χ0v) is 18.7. The first-order valence-corrected chi connectivity index (χ1v) is 12.1. The number of carbonyl (C=O) groups excluding carboxylic acids is 1. The van der Waals surface area contributed by atoms with E-state index in [4.69, 9.17) is 4.74 Å². The van der Waals surface area contributed by atoms with Crippen LogP contribution in [0.4, 0.5) is 5.69 Å². The van der Waals surface area contributed by atoms with E-state index in [0.717, 1.165) is 47.4 Å². The van der Waals surface area contributed by atoms with Crippen LogP contribution in [0.3, 0.4) is 0 Å². The number of rotatable bonds is 7. The van der Waals surface area contributed by atoms with Crippen molar-refractivity contribution in [3.05, 3.63) is 64.3 Å². The molecule has 1 saturated carbocycles. The predicted molar refractivity (Wildman–Crippen MR) is 125 cm³/mol. The molecule has 0 bridgehead atoms. The Balaban J connectivity index is 1.35. The van der Waals surface area contributed by atoms with E-state index in [1.54, 1.807) is 12.1 Å². The number of nitrogens with zero attached hydrogens (tertiary/aromatic N) is 2. The molecule has 5 rings (SSSR count). The number of hydrogen-bond donors (Lipinski definition) is 1. The first-order chi connectivity index (χ1) is 15.5. The minimum Gasteiger partial charge on any atom is -0.457 e. The molecule has 1 spiro atoms. The van der Waals surface area contributed by atoms with E-state index in [0.29, 0.717) is 17.9 Å². The standard InChI is InChI=1S/C24H25N3O4S/c1-2-16(23(28)26-15-32-14-24(26)9-10-24)11-17-13-25-22-8-7-20(12-21(17)22)31-19-5-3-18(4-6-19)27(29)30/h3-8,12-13,16,25H,2,9-11,14-15H2,1H3/t16-/m0/s1. The van der Waals surface area contributed by atoms with Crippen LogP contribution in [0.2, 0.25) is 0 Å². The monoisotopic (exact) mass is 451 g/mol. The van der Waals surface area contributed by atoms with E-state index in [9.17, 15) is 14.9 Å². The van der Waals surface area contributed by atoms with Gasteiger partial charge in [-0.15, -0.1) is 11.8 Å². The van der Waals surface area contributed by atoms with Gasteiger partial charge in [-0.25, -0.2) is 0 Å². The average Bonchev–Trinajstić information content (AvgIpc) is 3.28. The normalized spacial score (nSPS) is 17.6. The Morgan fingerprint density at radius 3 is 2.69 bits per heavy atom. The van der Waals surface area contributed by atoms with Gasteiger partial charge in [-0.1, -0.05) is 6.92 Å². The summed E-state index contributed by atoms with van der Waals surface area (Å²) in [7, 11) is 0. The average molecular weight is 452 g/mol. The second-order valence-corrected chi connectivity index (χ2v) is 9.61. The molecule has 2 aromatic carbocycles. The Kier molecular flexibility index (Phi) is 5.33. The first kappa shape index (κ1) is 20.9. The molecule has 3 aromatic rings. The summed E-state index contributed by atoms with van der Waals surface area (Å²) in [5, 5.41) is 11.9. The van der Waals surface area contributed by atoms with Crippen molar-refractivity contribution in [3.8, 4) is 11.5 Å². The number of hydrogen-bond acceptors (Lipinski definition) is 5. The quantitative estimate of drug-likeness (QED) is 0.378. The van der Waals surface area contributed by atoms with Crippen molar-refractivity contribution in [1.29, 1.82) is 0 Å². The number of ether oxygens (including phenoxy) is 1. The van der Waals surface area contributed by atoms with Gasteiger partial charge in [0, 0.05) is 40.9 Å². The molecular weight excluding hydrogens is 426 g/mol. The fourth-order valence-electron chi connectivity index (χ4n) is 4.45. The van der Waals surface area contributed by atoms with Crippen molar-refractivity contribution in [1.82, 2.24) is 9.88 Å². The molecule has 2 aliphatic rings. The van der Waals surface area contributed by atoms with E-state index < -0.39 is 4.92 Å². The number of aromatic nitrogens is 1. The number of benzene rings is 2. The lowest BCUT2D eigenvalue weighted by Gasteiger charge is -2.27. The minimum absolute atomic E-state index is 0.0281. The van der Waals surface area contributed by atoms with E-state index in [2.05, 4.69) is 16.8 Å². The summed E-state index contributed by atoms with van der Waals surface area (Å²) < 4.78 is 5.93. The third kappa shape index (κ3) is 3.83. The predicted octanol–water partition coefficient (Wildman–Crippen LogP) is 5.50. The minimum atomic E-state index is -0.431. The molecule has 1 N–H and O–H groups in total. The second-order valence-electron chi connectivity index (χ2n) is 8.65. The van der Waals surface area contributed by atoms with Crippen LogP contribution in [0.1, 0.15) is 31.7 Å². The molecular formula is C24H25N3O4S. The SMILES string of the molecule is CC[C@@H](Cc1c[nH]c2ccc(Oc3ccc([N+](=O)[O-])cc3)cc12)C(=O)N1CSCC12CC2. The maximum absolute atomic E-state index is 13.3. The number of aromatic amines is 1. The van der Waals surface area contributed by atoms with Crippen LogP contribution in [-0.4, -0.2) is 37.9 Å². The lowest BCUT2D eigenvalue weighted by atomic mass is 9.94. The van der Waals surface area contributed by atoms with Gasteiger partial charge in [0.15, 0.2) is 0 Å². The Morgan fingerprint density at radius 2 is 2.00 bits per heavy atom. The van der Waals surface area contributed by atoms with Crippen molar-refractivity contribution >= 4 is 34.3 Å². The van der Waals surface area contributed by atoms with Crippen LogP contribution in [-0.2, 0) is 11.2 Å². The second kappa shape index (κ2) is 8.16. The molecule has 166 valence electrons. The number of nitro benzene ring substituents is 1. The number of amides is 1. The van der Waals surface area contributed by atoms with Gasteiger partial charge in [-0.2, -0.15) is 0 Å². The number of H-pyrrole nitrogens is 1. The summed E-state index contributed by atoms with van der Waals surface area (Å²) in [6, 6.07) is 11.8. The van der Waals surface area contributed by atoms with Gasteiger partial charge in [-0.05, 0) is 61.6 Å². The van der Waals surface area contributed by atoms with Gasteiger partial charge >= 0.3 is 0 Å². The Labute approximate surface area is 190 Å². The van der Waals surface area contributed by atoms with Crippen LogP contribution in [0.15, 0.2) is 48.7 Å². The molecule has 2 heterocycles. The molecule has 1 atom stereocenters. The molecule has 0 radical (unpaired) electrons. The van der Waals surface area contributed by atoms with Crippen molar-refractivity contribution in [3.63, 3.8) is 0 Å². The molecule has 1 amide bonds. The Hall–Kier alpha value is -3.00. The fraction of sp³-hybridized carbons (Fsp3) is 0.375. The smallest absolute Gasteiger partial charge is 0.269 e. The molecule has 7 nitrogen and oxygen atoms in total. The molecule has 1 aliphatic heterocycles. The van der Waals surface area contributed by atoms with Crippen molar-refractivity contribution in [2.45, 2.75) is 38.1 Å². The number of nitrogens with one attached hydrogen (secondary N) is 1. The summed E-state index contributed by atoms with van der Waals surface area (Å²) in [5.41, 5.74) is 2.27. The number of nitro groups is 1. The van der Waals surface area contributed by atoms with Crippen LogP contribution in [0, 0.1) is 16.0 Å². The fourth-order valence-corrected chi connectivity index (χ4v) is 5.95. The number of fused-ring (bicyclic) bond motifs is 1. The van der Waals surface area contributed by atoms with Crippen LogP contribution in [0.5, 0.6) is 11.5 Å². The summed E-state index contributed by atoms with van der Waals surface area (Å²) in [5.74, 6) is 3.32. The van der Waals surface area contributed by atoms with Gasteiger partial charge in [0.25, 0.3) is 5.69 Å².